The molecule has 1 rings (SSSR count). The van der Waals surface area contributed by atoms with Crippen molar-refractivity contribution in [2.75, 3.05) is 26.2 Å². The Balaban J connectivity index is 2.39. The summed E-state index contributed by atoms with van der Waals surface area (Å²) in [5.74, 6) is 0. The van der Waals surface area contributed by atoms with E-state index in [1.807, 2.05) is 0 Å². The quantitative estimate of drug-likeness (QED) is 0.538. The highest BCUT2D eigenvalue weighted by Crippen LogP contribution is 2.12. The van der Waals surface area contributed by atoms with E-state index in [1.54, 1.807) is 5.31 Å². The molecule has 0 aromatic heterocycles. The van der Waals surface area contributed by atoms with Crippen LogP contribution in [0.2, 0.25) is 1.41 Å². The van der Waals surface area contributed by atoms with Crippen molar-refractivity contribution in [1.29, 1.82) is 0 Å². The molecule has 0 amide bonds. The van der Waals surface area contributed by atoms with Crippen molar-refractivity contribution < 1.29 is 1.41 Å². The topological polar surface area (TPSA) is 15.3 Å². The summed E-state index contributed by atoms with van der Waals surface area (Å²) in [6, 6.07) is 0. The largest absolute Gasteiger partial charge is 0.314 e. The van der Waals surface area contributed by atoms with Gasteiger partial charge in [0.15, 0.2) is 0 Å². The van der Waals surface area contributed by atoms with Gasteiger partial charge in [-0.05, 0) is 20.8 Å². The third-order valence-electron chi connectivity index (χ3n) is 2.00. The minimum Gasteiger partial charge on any atom is -0.314 e. The van der Waals surface area contributed by atoms with Gasteiger partial charge in [0.25, 0.3) is 0 Å². The van der Waals surface area contributed by atoms with Gasteiger partial charge in [-0.15, -0.1) is 0 Å². The van der Waals surface area contributed by atoms with Crippen LogP contribution < -0.4 is 5.31 Å². The van der Waals surface area contributed by atoms with Crippen molar-refractivity contribution in [2.24, 2.45) is 0 Å². The van der Waals surface area contributed by atoms with Gasteiger partial charge in [0, 0.05) is 31.7 Å². The Morgan fingerprint density at radius 2 is 1.80 bits per heavy atom. The van der Waals surface area contributed by atoms with Gasteiger partial charge in [0.05, 0.1) is 0 Å². The Hall–Kier alpha value is -0.0800. The average molecular weight is 144 g/mol. The van der Waals surface area contributed by atoms with E-state index in [0.29, 0.717) is 0 Å². The fourth-order valence-corrected chi connectivity index (χ4v) is 1.28. The standard InChI is InChI=1S/C8H18N2/c1-8(2,3)10-6-4-9-5-7-10/h9H,4-7H2,1-3H3/i/hT. The molecule has 0 aromatic carbocycles. The second kappa shape index (κ2) is 2.89. The fraction of sp³-hybridized carbons (Fsp3) is 1.00. The lowest BCUT2D eigenvalue weighted by atomic mass is 10.1. The van der Waals surface area contributed by atoms with Crippen LogP contribution in [0, 0.1) is 0 Å². The normalized spacial score (nSPS) is 26.5. The van der Waals surface area contributed by atoms with Crippen LogP contribution in [0.15, 0.2) is 0 Å². The second-order valence-electron chi connectivity index (χ2n) is 3.83. The van der Waals surface area contributed by atoms with Crippen LogP contribution in [-0.2, 0) is 0 Å². The fourth-order valence-electron chi connectivity index (χ4n) is 1.28. The van der Waals surface area contributed by atoms with Gasteiger partial charge in [-0.25, -0.2) is 0 Å². The van der Waals surface area contributed by atoms with Crippen molar-refractivity contribution in [3.63, 3.8) is 0 Å². The van der Waals surface area contributed by atoms with Crippen LogP contribution in [0.1, 0.15) is 20.8 Å². The first-order chi connectivity index (χ1) is 5.00. The van der Waals surface area contributed by atoms with E-state index < -0.39 is 0 Å². The molecule has 2 nitrogen and oxygen atoms in total. The number of nitrogens with one attached hydrogen (secondary N) is 1. The van der Waals surface area contributed by atoms with Gasteiger partial charge < -0.3 is 5.31 Å². The Kier molecular flexibility index (Phi) is 1.91. The van der Waals surface area contributed by atoms with Crippen LogP contribution in [0.4, 0.5) is 0 Å². The molecule has 1 saturated heterocycles. The summed E-state index contributed by atoms with van der Waals surface area (Å²) in [6.45, 7) is 10.5. The molecule has 0 atom stereocenters. The predicted octanol–water partition coefficient (Wildman–Crippen LogP) is 0.690. The first kappa shape index (κ1) is 6.62. The van der Waals surface area contributed by atoms with Crippen LogP contribution in [-0.4, -0.2) is 36.6 Å². The Morgan fingerprint density at radius 3 is 2.20 bits per heavy atom. The molecule has 1 aliphatic heterocycles. The molecule has 1 heterocycles. The van der Waals surface area contributed by atoms with Crippen LogP contribution in [0.5, 0.6) is 0 Å². The van der Waals surface area contributed by atoms with Gasteiger partial charge in [0.1, 0.15) is 1.41 Å². The molecular weight excluding hydrogens is 124 g/mol. The van der Waals surface area contributed by atoms with Crippen LogP contribution >= 0.6 is 0 Å². The molecular formula is C8H18N2. The molecule has 60 valence electrons. The number of piperazine rings is 1. The van der Waals surface area contributed by atoms with Crippen molar-refractivity contribution in [1.82, 2.24) is 10.2 Å². The molecule has 0 bridgehead atoms. The maximum Gasteiger partial charge on any atom is 0.122 e. The highest BCUT2D eigenvalue weighted by Gasteiger charge is 2.21. The summed E-state index contributed by atoms with van der Waals surface area (Å²) in [6.07, 6.45) is 0. The summed E-state index contributed by atoms with van der Waals surface area (Å²) in [5.41, 5.74) is 0.279. The summed E-state index contributed by atoms with van der Waals surface area (Å²) in [7, 11) is 0. The smallest absolute Gasteiger partial charge is 0.122 e. The van der Waals surface area contributed by atoms with Crippen molar-refractivity contribution >= 4 is 0 Å². The number of hydrogen-bond donors (Lipinski definition) is 1. The highest BCUT2D eigenvalue weighted by atomic mass is 15.2. The van der Waals surface area contributed by atoms with Crippen molar-refractivity contribution in [2.45, 2.75) is 26.3 Å². The molecule has 1 fully saturated rings. The molecule has 0 unspecified atom stereocenters. The lowest BCUT2D eigenvalue weighted by Gasteiger charge is -2.38. The molecule has 0 aliphatic carbocycles. The zero-order valence-electron chi connectivity index (χ0n) is 8.22. The van der Waals surface area contributed by atoms with Gasteiger partial charge in [-0.2, -0.15) is 0 Å². The highest BCUT2D eigenvalue weighted by molar-refractivity contribution is 4.79. The summed E-state index contributed by atoms with van der Waals surface area (Å²) < 4.78 is 7.37. The molecule has 0 saturated carbocycles. The second-order valence-corrected chi connectivity index (χ2v) is 3.83. The van der Waals surface area contributed by atoms with Crippen LogP contribution in [0.3, 0.4) is 0 Å². The molecule has 1 N–H and O–H groups in total. The van der Waals surface area contributed by atoms with Crippen molar-refractivity contribution in [3.8, 4) is 0 Å². The van der Waals surface area contributed by atoms with E-state index in [0.717, 1.165) is 26.2 Å². The lowest BCUT2D eigenvalue weighted by molar-refractivity contribution is 0.119. The molecule has 2 heteroatoms. The first-order valence-corrected chi connectivity index (χ1v) is 3.99. The van der Waals surface area contributed by atoms with Gasteiger partial charge >= 0.3 is 0 Å². The maximum absolute atomic E-state index is 7.37. The predicted molar refractivity (Wildman–Crippen MR) is 44.2 cm³/mol. The van der Waals surface area contributed by atoms with E-state index in [4.69, 9.17) is 1.41 Å². The zero-order valence-corrected chi connectivity index (χ0v) is 7.22. The van der Waals surface area contributed by atoms with E-state index in [2.05, 4.69) is 25.7 Å². The summed E-state index contributed by atoms with van der Waals surface area (Å²) >= 11 is 0. The third-order valence-corrected chi connectivity index (χ3v) is 2.00. The molecule has 0 radical (unpaired) electrons. The molecule has 0 aromatic rings. The summed E-state index contributed by atoms with van der Waals surface area (Å²) in [5, 5.41) is 1.64. The Bertz CT molecular complexity index is 123. The maximum atomic E-state index is 7.37. The number of nitrogens with zero attached hydrogens (tertiary/aromatic N) is 1. The molecule has 1 aliphatic rings. The Labute approximate surface area is 65.1 Å². The minimum absolute atomic E-state index is 0.279. The SMILES string of the molecule is [3H]N1CCN(C(C)(C)C)CC1. The Morgan fingerprint density at radius 1 is 1.30 bits per heavy atom. The zero-order chi connectivity index (χ0) is 8.48. The minimum atomic E-state index is 0.279. The third kappa shape index (κ3) is 1.96. The van der Waals surface area contributed by atoms with E-state index in [1.165, 1.54) is 0 Å². The monoisotopic (exact) mass is 144 g/mol. The number of rotatable bonds is 0. The molecule has 10 heavy (non-hydrogen) atoms. The van der Waals surface area contributed by atoms with Crippen molar-refractivity contribution in [3.05, 3.63) is 0 Å². The number of hydrogen-bond acceptors (Lipinski definition) is 2. The lowest BCUT2D eigenvalue weighted by Crippen LogP contribution is -2.51. The van der Waals surface area contributed by atoms with Gasteiger partial charge in [0.2, 0.25) is 0 Å². The summed E-state index contributed by atoms with van der Waals surface area (Å²) in [4.78, 5) is 2.43. The van der Waals surface area contributed by atoms with Gasteiger partial charge in [-0.3, -0.25) is 4.90 Å². The van der Waals surface area contributed by atoms with E-state index >= 15 is 0 Å². The first-order valence-electron chi connectivity index (χ1n) is 4.44. The average Bonchev–Trinajstić information content (AvgIpc) is 1.86. The van der Waals surface area contributed by atoms with E-state index in [-0.39, 0.29) is 5.54 Å². The van der Waals surface area contributed by atoms with Crippen LogP contribution in [0.25, 0.3) is 0 Å². The van der Waals surface area contributed by atoms with E-state index in [9.17, 15) is 0 Å². The van der Waals surface area contributed by atoms with Gasteiger partial charge in [-0.1, -0.05) is 0 Å². The molecule has 0 spiro atoms.